The Labute approximate surface area is 181 Å². The fraction of sp³-hybridized carbons (Fsp3) is 0.130. The number of methoxy groups -OCH3 is 1. The number of hydrogen-bond donors (Lipinski definition) is 1. The molecule has 1 N–H and O–H groups in total. The third kappa shape index (κ3) is 5.07. The molecular weight excluding hydrogens is 419 g/mol. The second-order valence-corrected chi connectivity index (χ2v) is 6.84. The van der Waals surface area contributed by atoms with Crippen LogP contribution in [0.1, 0.15) is 16.7 Å². The first-order chi connectivity index (χ1) is 15.3. The Balaban J connectivity index is 2.14. The zero-order valence-corrected chi connectivity index (χ0v) is 17.0. The number of esters is 1. The number of carbonyl (C=O) groups is 2. The summed E-state index contributed by atoms with van der Waals surface area (Å²) in [7, 11) is 1.00. The summed E-state index contributed by atoms with van der Waals surface area (Å²) in [6.07, 6.45) is 1.68. The lowest BCUT2D eigenvalue weighted by molar-refractivity contribution is -0.149. The van der Waals surface area contributed by atoms with Crippen LogP contribution in [-0.4, -0.2) is 33.1 Å². The Kier molecular flexibility index (Phi) is 6.79. The van der Waals surface area contributed by atoms with Gasteiger partial charge >= 0.3 is 11.7 Å². The molecule has 1 aromatic heterocycles. The number of benzene rings is 2. The SMILES string of the molecule is COC(=O)C(=O)C=C(O)c1cn(Cc2ccccc2)c(=O)n(Cc2ccc(F)cc2)c1=O. The number of halogens is 1. The molecule has 0 aliphatic rings. The van der Waals surface area contributed by atoms with Crippen molar-refractivity contribution < 1.29 is 23.8 Å². The molecule has 0 fully saturated rings. The van der Waals surface area contributed by atoms with E-state index in [2.05, 4.69) is 4.74 Å². The Bertz CT molecular complexity index is 1290. The first-order valence-corrected chi connectivity index (χ1v) is 9.46. The zero-order chi connectivity index (χ0) is 23.3. The van der Waals surface area contributed by atoms with Crippen LogP contribution in [-0.2, 0) is 27.4 Å². The smallest absolute Gasteiger partial charge is 0.378 e. The summed E-state index contributed by atoms with van der Waals surface area (Å²) in [5, 5.41) is 10.4. The van der Waals surface area contributed by atoms with Gasteiger partial charge in [-0.15, -0.1) is 0 Å². The van der Waals surface area contributed by atoms with E-state index in [-0.39, 0.29) is 18.7 Å². The predicted octanol–water partition coefficient (Wildman–Crippen LogP) is 1.89. The summed E-state index contributed by atoms with van der Waals surface area (Å²) in [5.41, 5.74) is -0.682. The highest BCUT2D eigenvalue weighted by Gasteiger charge is 2.18. The highest BCUT2D eigenvalue weighted by atomic mass is 19.1. The Morgan fingerprint density at radius 1 is 1.00 bits per heavy atom. The van der Waals surface area contributed by atoms with E-state index >= 15 is 0 Å². The molecule has 0 atom stereocenters. The summed E-state index contributed by atoms with van der Waals surface area (Å²) in [6, 6.07) is 14.1. The molecule has 3 aromatic rings. The van der Waals surface area contributed by atoms with Crippen molar-refractivity contribution in [3.8, 4) is 0 Å². The van der Waals surface area contributed by atoms with E-state index in [4.69, 9.17) is 0 Å². The molecule has 0 aliphatic carbocycles. The van der Waals surface area contributed by atoms with Gasteiger partial charge in [0.1, 0.15) is 11.6 Å². The van der Waals surface area contributed by atoms with Crippen LogP contribution in [0.2, 0.25) is 0 Å². The minimum atomic E-state index is -1.22. The molecule has 0 saturated heterocycles. The average molecular weight is 438 g/mol. The third-order valence-corrected chi connectivity index (χ3v) is 4.62. The number of ether oxygens (including phenoxy) is 1. The second kappa shape index (κ2) is 9.69. The van der Waals surface area contributed by atoms with E-state index in [1.54, 1.807) is 30.3 Å². The van der Waals surface area contributed by atoms with Gasteiger partial charge in [0.2, 0.25) is 0 Å². The van der Waals surface area contributed by atoms with Crippen molar-refractivity contribution in [3.05, 3.63) is 110 Å². The lowest BCUT2D eigenvalue weighted by atomic mass is 10.2. The van der Waals surface area contributed by atoms with Gasteiger partial charge in [-0.05, 0) is 23.3 Å². The van der Waals surface area contributed by atoms with E-state index in [9.17, 15) is 28.7 Å². The Hall–Kier alpha value is -4.27. The minimum absolute atomic E-state index is 0.0780. The zero-order valence-electron chi connectivity index (χ0n) is 17.0. The third-order valence-electron chi connectivity index (χ3n) is 4.62. The first-order valence-electron chi connectivity index (χ1n) is 9.46. The second-order valence-electron chi connectivity index (χ2n) is 6.84. The van der Waals surface area contributed by atoms with Crippen LogP contribution >= 0.6 is 0 Å². The maximum Gasteiger partial charge on any atom is 0.378 e. The van der Waals surface area contributed by atoms with Gasteiger partial charge in [-0.2, -0.15) is 0 Å². The van der Waals surface area contributed by atoms with Crippen LogP contribution in [0.5, 0.6) is 0 Å². The Morgan fingerprint density at radius 2 is 1.62 bits per heavy atom. The van der Waals surface area contributed by atoms with E-state index in [1.165, 1.54) is 28.8 Å². The number of aliphatic hydroxyl groups excluding tert-OH is 1. The van der Waals surface area contributed by atoms with Crippen LogP contribution in [0, 0.1) is 5.82 Å². The standard InChI is InChI=1S/C23H19FN2O6/c1-32-22(30)20(28)11-19(27)18-14-25(12-15-5-3-2-4-6-15)23(31)26(21(18)29)13-16-7-9-17(24)10-8-16/h2-11,14,27H,12-13H2,1H3. The highest BCUT2D eigenvalue weighted by Crippen LogP contribution is 2.09. The molecule has 0 spiro atoms. The molecule has 8 nitrogen and oxygen atoms in total. The van der Waals surface area contributed by atoms with Crippen molar-refractivity contribution in [2.75, 3.05) is 7.11 Å². The fourth-order valence-electron chi connectivity index (χ4n) is 3.00. The maximum atomic E-state index is 13.2. The van der Waals surface area contributed by atoms with Crippen molar-refractivity contribution in [1.29, 1.82) is 0 Å². The van der Waals surface area contributed by atoms with Crippen LogP contribution in [0.25, 0.3) is 5.76 Å². The molecule has 3 rings (SSSR count). The summed E-state index contributed by atoms with van der Waals surface area (Å²) in [4.78, 5) is 49.2. The van der Waals surface area contributed by atoms with Crippen molar-refractivity contribution in [3.63, 3.8) is 0 Å². The van der Waals surface area contributed by atoms with E-state index in [1.807, 2.05) is 0 Å². The average Bonchev–Trinajstić information content (AvgIpc) is 2.79. The lowest BCUT2D eigenvalue weighted by Crippen LogP contribution is -2.41. The lowest BCUT2D eigenvalue weighted by Gasteiger charge is -2.13. The number of aromatic nitrogens is 2. The molecule has 0 saturated carbocycles. The predicted molar refractivity (Wildman–Crippen MR) is 114 cm³/mol. The molecule has 164 valence electrons. The Morgan fingerprint density at radius 3 is 2.25 bits per heavy atom. The van der Waals surface area contributed by atoms with Gasteiger partial charge in [0.15, 0.2) is 0 Å². The van der Waals surface area contributed by atoms with Gasteiger partial charge in [0.05, 0.1) is 25.8 Å². The largest absolute Gasteiger partial charge is 0.507 e. The molecule has 0 amide bonds. The molecule has 2 aromatic carbocycles. The molecule has 0 aliphatic heterocycles. The van der Waals surface area contributed by atoms with Crippen LogP contribution < -0.4 is 11.2 Å². The van der Waals surface area contributed by atoms with Crippen LogP contribution in [0.4, 0.5) is 4.39 Å². The van der Waals surface area contributed by atoms with E-state index in [0.29, 0.717) is 11.6 Å². The molecule has 0 radical (unpaired) electrons. The maximum absolute atomic E-state index is 13.2. The van der Waals surface area contributed by atoms with E-state index < -0.39 is 34.6 Å². The monoisotopic (exact) mass is 438 g/mol. The summed E-state index contributed by atoms with van der Waals surface area (Å²) < 4.78 is 19.6. The number of carbonyl (C=O) groups excluding carboxylic acids is 2. The first kappa shape index (κ1) is 22.4. The number of aliphatic hydroxyl groups is 1. The number of ketones is 1. The summed E-state index contributed by atoms with van der Waals surface area (Å²) in [6.45, 7) is -0.118. The van der Waals surface area contributed by atoms with Gasteiger partial charge in [-0.1, -0.05) is 42.5 Å². The minimum Gasteiger partial charge on any atom is -0.507 e. The molecule has 9 heteroatoms. The van der Waals surface area contributed by atoms with Crippen molar-refractivity contribution in [2.24, 2.45) is 0 Å². The number of nitrogens with zero attached hydrogens (tertiary/aromatic N) is 2. The summed E-state index contributed by atoms with van der Waals surface area (Å²) in [5.74, 6) is -3.66. The molecular formula is C23H19FN2O6. The van der Waals surface area contributed by atoms with Crippen molar-refractivity contribution >= 4 is 17.5 Å². The number of rotatable bonds is 7. The molecule has 0 bridgehead atoms. The molecule has 1 heterocycles. The summed E-state index contributed by atoms with van der Waals surface area (Å²) >= 11 is 0. The van der Waals surface area contributed by atoms with Crippen LogP contribution in [0.15, 0.2) is 76.5 Å². The quantitative estimate of drug-likeness (QED) is 0.261. The topological polar surface area (TPSA) is 108 Å². The van der Waals surface area contributed by atoms with Crippen molar-refractivity contribution in [1.82, 2.24) is 9.13 Å². The fourth-order valence-corrected chi connectivity index (χ4v) is 3.00. The van der Waals surface area contributed by atoms with Gasteiger partial charge in [0, 0.05) is 12.3 Å². The van der Waals surface area contributed by atoms with Gasteiger partial charge < -0.3 is 9.84 Å². The van der Waals surface area contributed by atoms with E-state index in [0.717, 1.165) is 23.4 Å². The van der Waals surface area contributed by atoms with Gasteiger partial charge in [0.25, 0.3) is 11.3 Å². The highest BCUT2D eigenvalue weighted by molar-refractivity contribution is 6.39. The normalized spacial score (nSPS) is 11.2. The number of hydrogen-bond acceptors (Lipinski definition) is 6. The molecule has 32 heavy (non-hydrogen) atoms. The van der Waals surface area contributed by atoms with Crippen LogP contribution in [0.3, 0.4) is 0 Å². The van der Waals surface area contributed by atoms with Gasteiger partial charge in [-0.25, -0.2) is 14.0 Å². The molecule has 0 unspecified atom stereocenters. The van der Waals surface area contributed by atoms with Gasteiger partial charge in [-0.3, -0.25) is 18.7 Å². The van der Waals surface area contributed by atoms with Crippen molar-refractivity contribution in [2.45, 2.75) is 13.1 Å².